The molecule has 110 valence electrons. The van der Waals surface area contributed by atoms with Gasteiger partial charge < -0.3 is 10.6 Å². The Labute approximate surface area is 124 Å². The summed E-state index contributed by atoms with van der Waals surface area (Å²) in [5, 5.41) is 6.42. The van der Waals surface area contributed by atoms with Crippen molar-refractivity contribution in [3.05, 3.63) is 36.2 Å². The van der Waals surface area contributed by atoms with Crippen LogP contribution in [0, 0.1) is 5.41 Å². The molecule has 0 atom stereocenters. The largest absolute Gasteiger partial charge is 0.351 e. The predicted octanol–water partition coefficient (Wildman–Crippen LogP) is 1.75. The minimum atomic E-state index is -0.0687. The van der Waals surface area contributed by atoms with E-state index in [1.54, 1.807) is 18.5 Å². The van der Waals surface area contributed by atoms with Crippen LogP contribution in [0.4, 0.5) is 0 Å². The number of piperidine rings is 1. The first kappa shape index (κ1) is 13.9. The van der Waals surface area contributed by atoms with Crippen LogP contribution in [-0.4, -0.2) is 35.5 Å². The van der Waals surface area contributed by atoms with Gasteiger partial charge in [0.05, 0.1) is 11.1 Å². The molecule has 3 rings (SSSR count). The molecule has 0 unspecified atom stereocenters. The molecule has 1 fully saturated rings. The minimum Gasteiger partial charge on any atom is -0.351 e. The van der Waals surface area contributed by atoms with Crippen molar-refractivity contribution in [1.29, 1.82) is 0 Å². The van der Waals surface area contributed by atoms with Crippen LogP contribution in [0.15, 0.2) is 30.6 Å². The highest BCUT2D eigenvalue weighted by atomic mass is 16.1. The lowest BCUT2D eigenvalue weighted by atomic mass is 9.81. The summed E-state index contributed by atoms with van der Waals surface area (Å²) in [6, 6.07) is 5.52. The third-order valence-electron chi connectivity index (χ3n) is 4.23. The molecular weight excluding hydrogens is 264 g/mol. The van der Waals surface area contributed by atoms with E-state index in [-0.39, 0.29) is 11.3 Å². The first-order valence-electron chi connectivity index (χ1n) is 7.37. The van der Waals surface area contributed by atoms with E-state index in [0.29, 0.717) is 17.6 Å². The zero-order valence-electron chi connectivity index (χ0n) is 12.2. The molecular formula is C16H20N4O. The van der Waals surface area contributed by atoms with E-state index in [2.05, 4.69) is 27.5 Å². The van der Waals surface area contributed by atoms with E-state index in [9.17, 15) is 4.79 Å². The number of hydrogen-bond donors (Lipinski definition) is 2. The van der Waals surface area contributed by atoms with Crippen LogP contribution < -0.4 is 10.6 Å². The smallest absolute Gasteiger partial charge is 0.253 e. The van der Waals surface area contributed by atoms with E-state index < -0.39 is 0 Å². The summed E-state index contributed by atoms with van der Waals surface area (Å²) in [4.78, 5) is 21.0. The molecule has 1 aromatic heterocycles. The Morgan fingerprint density at radius 3 is 2.86 bits per heavy atom. The van der Waals surface area contributed by atoms with Gasteiger partial charge in [0.25, 0.3) is 5.91 Å². The molecule has 1 aliphatic rings. The molecule has 5 nitrogen and oxygen atoms in total. The molecule has 0 bridgehead atoms. The normalized spacial score (nSPS) is 17.6. The summed E-state index contributed by atoms with van der Waals surface area (Å²) < 4.78 is 0. The summed E-state index contributed by atoms with van der Waals surface area (Å²) >= 11 is 0. The van der Waals surface area contributed by atoms with Crippen molar-refractivity contribution in [2.75, 3.05) is 19.6 Å². The second-order valence-corrected chi connectivity index (χ2v) is 5.97. The summed E-state index contributed by atoms with van der Waals surface area (Å²) in [5.74, 6) is -0.0687. The molecule has 1 aliphatic heterocycles. The van der Waals surface area contributed by atoms with E-state index in [4.69, 9.17) is 0 Å². The average Bonchev–Trinajstić information content (AvgIpc) is 2.53. The topological polar surface area (TPSA) is 66.9 Å². The molecule has 1 aromatic carbocycles. The first-order valence-corrected chi connectivity index (χ1v) is 7.37. The SMILES string of the molecule is CC1(CNC(=O)c2cccc3nccnc23)CCNCC1. The highest BCUT2D eigenvalue weighted by Gasteiger charge is 2.27. The van der Waals surface area contributed by atoms with Crippen molar-refractivity contribution in [3.63, 3.8) is 0 Å². The third kappa shape index (κ3) is 3.03. The second-order valence-electron chi connectivity index (χ2n) is 5.97. The number of fused-ring (bicyclic) bond motifs is 1. The Kier molecular flexibility index (Phi) is 3.84. The third-order valence-corrected chi connectivity index (χ3v) is 4.23. The lowest BCUT2D eigenvalue weighted by molar-refractivity contribution is 0.0923. The number of hydrogen-bond acceptors (Lipinski definition) is 4. The zero-order chi connectivity index (χ0) is 14.7. The lowest BCUT2D eigenvalue weighted by Gasteiger charge is -2.34. The molecule has 2 aromatic rings. The van der Waals surface area contributed by atoms with E-state index >= 15 is 0 Å². The van der Waals surface area contributed by atoms with Gasteiger partial charge in [-0.15, -0.1) is 0 Å². The maximum atomic E-state index is 12.4. The van der Waals surface area contributed by atoms with Crippen molar-refractivity contribution in [2.24, 2.45) is 5.41 Å². The van der Waals surface area contributed by atoms with Gasteiger partial charge >= 0.3 is 0 Å². The van der Waals surface area contributed by atoms with Gasteiger partial charge in [0.15, 0.2) is 0 Å². The van der Waals surface area contributed by atoms with Crippen LogP contribution in [0.3, 0.4) is 0 Å². The number of carbonyl (C=O) groups is 1. The Morgan fingerprint density at radius 1 is 1.29 bits per heavy atom. The fourth-order valence-electron chi connectivity index (χ4n) is 2.77. The molecule has 1 saturated heterocycles. The van der Waals surface area contributed by atoms with Gasteiger partial charge in [-0.05, 0) is 43.5 Å². The number of benzene rings is 1. The Morgan fingerprint density at radius 2 is 2.05 bits per heavy atom. The predicted molar refractivity (Wildman–Crippen MR) is 82.1 cm³/mol. The van der Waals surface area contributed by atoms with Gasteiger partial charge in [-0.2, -0.15) is 0 Å². The highest BCUT2D eigenvalue weighted by Crippen LogP contribution is 2.26. The quantitative estimate of drug-likeness (QED) is 0.901. The second kappa shape index (κ2) is 5.77. The van der Waals surface area contributed by atoms with Crippen LogP contribution in [0.5, 0.6) is 0 Å². The molecule has 0 spiro atoms. The molecule has 2 heterocycles. The van der Waals surface area contributed by atoms with Crippen molar-refractivity contribution < 1.29 is 4.79 Å². The minimum absolute atomic E-state index is 0.0687. The Balaban J connectivity index is 1.75. The Hall–Kier alpha value is -2.01. The van der Waals surface area contributed by atoms with Crippen LogP contribution in [0.2, 0.25) is 0 Å². The number of para-hydroxylation sites is 1. The first-order chi connectivity index (χ1) is 10.2. The van der Waals surface area contributed by atoms with Crippen molar-refractivity contribution >= 4 is 16.9 Å². The summed E-state index contributed by atoms with van der Waals surface area (Å²) in [6.07, 6.45) is 5.43. The van der Waals surface area contributed by atoms with Crippen molar-refractivity contribution in [1.82, 2.24) is 20.6 Å². The molecule has 1 amide bonds. The maximum Gasteiger partial charge on any atom is 0.253 e. The van der Waals surface area contributed by atoms with Crippen molar-refractivity contribution in [2.45, 2.75) is 19.8 Å². The highest BCUT2D eigenvalue weighted by molar-refractivity contribution is 6.04. The number of amides is 1. The van der Waals surface area contributed by atoms with Crippen LogP contribution in [0.25, 0.3) is 11.0 Å². The summed E-state index contributed by atoms with van der Waals surface area (Å²) in [6.45, 7) is 4.97. The van der Waals surface area contributed by atoms with Gasteiger partial charge in [0.2, 0.25) is 0 Å². The van der Waals surface area contributed by atoms with E-state index in [1.807, 2.05) is 12.1 Å². The van der Waals surface area contributed by atoms with Crippen molar-refractivity contribution in [3.8, 4) is 0 Å². The summed E-state index contributed by atoms with van der Waals surface area (Å²) in [7, 11) is 0. The monoisotopic (exact) mass is 284 g/mol. The van der Waals surface area contributed by atoms with Gasteiger partial charge in [0, 0.05) is 18.9 Å². The van der Waals surface area contributed by atoms with Gasteiger partial charge in [-0.25, -0.2) is 0 Å². The number of carbonyl (C=O) groups excluding carboxylic acids is 1. The lowest BCUT2D eigenvalue weighted by Crippen LogP contribution is -2.42. The molecule has 2 N–H and O–H groups in total. The maximum absolute atomic E-state index is 12.4. The number of nitrogens with one attached hydrogen (secondary N) is 2. The molecule has 0 saturated carbocycles. The average molecular weight is 284 g/mol. The van der Waals surface area contributed by atoms with Gasteiger partial charge in [-0.1, -0.05) is 13.0 Å². The van der Waals surface area contributed by atoms with Crippen LogP contribution >= 0.6 is 0 Å². The van der Waals surface area contributed by atoms with Gasteiger partial charge in [0.1, 0.15) is 5.52 Å². The fourth-order valence-corrected chi connectivity index (χ4v) is 2.77. The van der Waals surface area contributed by atoms with E-state index in [1.165, 1.54) is 0 Å². The summed E-state index contributed by atoms with van der Waals surface area (Å²) in [5.41, 5.74) is 2.18. The standard InChI is InChI=1S/C16H20N4O/c1-16(5-7-17-8-6-16)11-20-15(21)12-3-2-4-13-14(12)19-10-9-18-13/h2-4,9-10,17H,5-8,11H2,1H3,(H,20,21). The van der Waals surface area contributed by atoms with E-state index in [0.717, 1.165) is 31.4 Å². The number of rotatable bonds is 3. The molecule has 5 heteroatoms. The van der Waals surface area contributed by atoms with Crippen LogP contribution in [0.1, 0.15) is 30.1 Å². The molecule has 21 heavy (non-hydrogen) atoms. The molecule has 0 aliphatic carbocycles. The number of nitrogens with zero attached hydrogens (tertiary/aromatic N) is 2. The number of aromatic nitrogens is 2. The Bertz CT molecular complexity index is 644. The van der Waals surface area contributed by atoms with Gasteiger partial charge in [-0.3, -0.25) is 14.8 Å². The zero-order valence-corrected chi connectivity index (χ0v) is 12.2. The molecule has 0 radical (unpaired) electrons. The van der Waals surface area contributed by atoms with Crippen LogP contribution in [-0.2, 0) is 0 Å². The fraction of sp³-hybridized carbons (Fsp3) is 0.438.